The molecule has 1 saturated carbocycles. The maximum Gasteiger partial charge on any atom is 0.222 e. The number of carbonyl (C=O) groups is 1. The zero-order valence-electron chi connectivity index (χ0n) is 15.4. The van der Waals surface area contributed by atoms with Crippen LogP contribution in [0.25, 0.3) is 0 Å². The van der Waals surface area contributed by atoms with E-state index in [0.717, 1.165) is 44.6 Å². The van der Waals surface area contributed by atoms with Crippen LogP contribution >= 0.6 is 0 Å². The SMILES string of the molecule is CC1CCC(N2CCN(C(=O)CC3CC4CCC(C3)N4)CC2)CC1. The lowest BCUT2D eigenvalue weighted by Crippen LogP contribution is -2.53. The molecule has 3 saturated heterocycles. The van der Waals surface area contributed by atoms with Crippen LogP contribution in [0.5, 0.6) is 0 Å². The summed E-state index contributed by atoms with van der Waals surface area (Å²) >= 11 is 0. The molecule has 4 rings (SSSR count). The Bertz CT molecular complexity index is 426. The van der Waals surface area contributed by atoms with Gasteiger partial charge in [-0.3, -0.25) is 9.69 Å². The third-order valence-electron chi connectivity index (χ3n) is 7.20. The first-order valence-electron chi connectivity index (χ1n) is 10.4. The molecule has 2 atom stereocenters. The fraction of sp³-hybridized carbons (Fsp3) is 0.950. The Morgan fingerprint density at radius 1 is 0.917 bits per heavy atom. The lowest BCUT2D eigenvalue weighted by Gasteiger charge is -2.42. The molecule has 2 unspecified atom stereocenters. The third-order valence-corrected chi connectivity index (χ3v) is 7.20. The molecule has 0 aromatic rings. The molecule has 24 heavy (non-hydrogen) atoms. The summed E-state index contributed by atoms with van der Waals surface area (Å²) in [5.41, 5.74) is 0. The van der Waals surface area contributed by atoms with E-state index in [1.807, 2.05) is 0 Å². The summed E-state index contributed by atoms with van der Waals surface area (Å²) in [7, 11) is 0. The van der Waals surface area contributed by atoms with Crippen molar-refractivity contribution in [3.63, 3.8) is 0 Å². The summed E-state index contributed by atoms with van der Waals surface area (Å²) in [6, 6.07) is 2.19. The second kappa shape index (κ2) is 7.33. The van der Waals surface area contributed by atoms with Crippen molar-refractivity contribution in [2.75, 3.05) is 26.2 Å². The number of nitrogens with zero attached hydrogens (tertiary/aromatic N) is 2. The molecule has 4 nitrogen and oxygen atoms in total. The van der Waals surface area contributed by atoms with Crippen molar-refractivity contribution in [1.29, 1.82) is 0 Å². The average Bonchev–Trinajstić information content (AvgIpc) is 2.94. The first-order valence-corrected chi connectivity index (χ1v) is 10.4. The molecular weight excluding hydrogens is 298 g/mol. The molecule has 4 fully saturated rings. The Hall–Kier alpha value is -0.610. The van der Waals surface area contributed by atoms with E-state index in [1.54, 1.807) is 0 Å². The summed E-state index contributed by atoms with van der Waals surface area (Å²) in [4.78, 5) is 17.5. The van der Waals surface area contributed by atoms with Gasteiger partial charge >= 0.3 is 0 Å². The van der Waals surface area contributed by atoms with Crippen LogP contribution in [0.1, 0.15) is 64.7 Å². The second-order valence-corrected chi connectivity index (χ2v) is 9.01. The van der Waals surface area contributed by atoms with E-state index in [-0.39, 0.29) is 0 Å². The van der Waals surface area contributed by atoms with Crippen LogP contribution in [-0.4, -0.2) is 60.0 Å². The number of carbonyl (C=O) groups excluding carboxylic acids is 1. The van der Waals surface area contributed by atoms with E-state index in [4.69, 9.17) is 0 Å². The van der Waals surface area contributed by atoms with Gasteiger partial charge in [-0.25, -0.2) is 0 Å². The number of amides is 1. The van der Waals surface area contributed by atoms with Gasteiger partial charge in [0.15, 0.2) is 0 Å². The summed E-state index contributed by atoms with van der Waals surface area (Å²) in [6.45, 7) is 6.51. The summed E-state index contributed by atoms with van der Waals surface area (Å²) < 4.78 is 0. The predicted octanol–water partition coefficient (Wildman–Crippen LogP) is 2.63. The Kier molecular flexibility index (Phi) is 5.14. The predicted molar refractivity (Wildman–Crippen MR) is 96.9 cm³/mol. The van der Waals surface area contributed by atoms with Gasteiger partial charge < -0.3 is 10.2 Å². The van der Waals surface area contributed by atoms with Crippen molar-refractivity contribution in [3.8, 4) is 0 Å². The highest BCUT2D eigenvalue weighted by Gasteiger charge is 2.35. The van der Waals surface area contributed by atoms with Gasteiger partial charge in [0.2, 0.25) is 5.91 Å². The number of piperazine rings is 1. The monoisotopic (exact) mass is 333 g/mol. The fourth-order valence-corrected chi connectivity index (χ4v) is 5.66. The smallest absolute Gasteiger partial charge is 0.222 e. The van der Waals surface area contributed by atoms with Crippen LogP contribution in [0.3, 0.4) is 0 Å². The molecule has 1 N–H and O–H groups in total. The zero-order chi connectivity index (χ0) is 16.5. The Morgan fingerprint density at radius 3 is 2.17 bits per heavy atom. The number of rotatable bonds is 3. The molecule has 0 spiro atoms. The van der Waals surface area contributed by atoms with Gasteiger partial charge in [0.1, 0.15) is 0 Å². The van der Waals surface area contributed by atoms with E-state index in [0.29, 0.717) is 23.9 Å². The minimum Gasteiger partial charge on any atom is -0.340 e. The largest absolute Gasteiger partial charge is 0.340 e. The van der Waals surface area contributed by atoms with Gasteiger partial charge in [0.25, 0.3) is 0 Å². The number of hydrogen-bond donors (Lipinski definition) is 1. The quantitative estimate of drug-likeness (QED) is 0.862. The molecule has 136 valence electrons. The molecule has 2 bridgehead atoms. The normalized spacial score (nSPS) is 40.7. The van der Waals surface area contributed by atoms with Crippen LogP contribution in [0.4, 0.5) is 0 Å². The van der Waals surface area contributed by atoms with E-state index >= 15 is 0 Å². The lowest BCUT2D eigenvalue weighted by molar-refractivity contribution is -0.134. The molecule has 4 aliphatic rings. The van der Waals surface area contributed by atoms with Crippen molar-refractivity contribution in [2.45, 2.75) is 82.8 Å². The standard InChI is InChI=1S/C20H35N3O/c1-15-2-6-19(7-3-15)22-8-10-23(11-9-22)20(24)14-16-12-17-4-5-18(13-16)21-17/h15-19,21H,2-14H2,1H3. The van der Waals surface area contributed by atoms with E-state index in [9.17, 15) is 4.79 Å². The van der Waals surface area contributed by atoms with Crippen molar-refractivity contribution >= 4 is 5.91 Å². The average molecular weight is 334 g/mol. The molecule has 0 radical (unpaired) electrons. The van der Waals surface area contributed by atoms with Crippen LogP contribution in [-0.2, 0) is 4.79 Å². The summed E-state index contributed by atoms with van der Waals surface area (Å²) in [6.07, 6.45) is 11.4. The third kappa shape index (κ3) is 3.80. The molecule has 1 aliphatic carbocycles. The van der Waals surface area contributed by atoms with Gasteiger partial charge in [-0.15, -0.1) is 0 Å². The van der Waals surface area contributed by atoms with Crippen LogP contribution in [0, 0.1) is 11.8 Å². The van der Waals surface area contributed by atoms with Gasteiger partial charge in [-0.1, -0.05) is 6.92 Å². The molecule has 3 heterocycles. The molecule has 0 aromatic carbocycles. The molecule has 3 aliphatic heterocycles. The van der Waals surface area contributed by atoms with Crippen molar-refractivity contribution in [2.24, 2.45) is 11.8 Å². The van der Waals surface area contributed by atoms with Gasteiger partial charge in [-0.05, 0) is 63.2 Å². The highest BCUT2D eigenvalue weighted by molar-refractivity contribution is 5.76. The highest BCUT2D eigenvalue weighted by Crippen LogP contribution is 2.33. The first kappa shape index (κ1) is 16.8. The van der Waals surface area contributed by atoms with Crippen LogP contribution in [0.15, 0.2) is 0 Å². The van der Waals surface area contributed by atoms with E-state index < -0.39 is 0 Å². The van der Waals surface area contributed by atoms with Gasteiger partial charge in [-0.2, -0.15) is 0 Å². The lowest BCUT2D eigenvalue weighted by atomic mass is 9.86. The Labute approximate surface area is 147 Å². The molecule has 4 heteroatoms. The van der Waals surface area contributed by atoms with Gasteiger partial charge in [0, 0.05) is 50.7 Å². The van der Waals surface area contributed by atoms with Crippen LogP contribution in [0.2, 0.25) is 0 Å². The minimum atomic E-state index is 0.429. The maximum absolute atomic E-state index is 12.7. The van der Waals surface area contributed by atoms with Gasteiger partial charge in [0.05, 0.1) is 0 Å². The number of fused-ring (bicyclic) bond motifs is 2. The first-order chi connectivity index (χ1) is 11.7. The summed E-state index contributed by atoms with van der Waals surface area (Å²) in [5, 5.41) is 3.69. The number of hydrogen-bond acceptors (Lipinski definition) is 3. The minimum absolute atomic E-state index is 0.429. The van der Waals surface area contributed by atoms with Crippen molar-refractivity contribution in [1.82, 2.24) is 15.1 Å². The van der Waals surface area contributed by atoms with Crippen LogP contribution < -0.4 is 5.32 Å². The summed E-state index contributed by atoms with van der Waals surface area (Å²) in [5.74, 6) is 1.98. The molecule has 1 amide bonds. The molecule has 0 aromatic heterocycles. The van der Waals surface area contributed by atoms with Crippen molar-refractivity contribution in [3.05, 3.63) is 0 Å². The van der Waals surface area contributed by atoms with Crippen molar-refractivity contribution < 1.29 is 4.79 Å². The number of nitrogens with one attached hydrogen (secondary N) is 1. The highest BCUT2D eigenvalue weighted by atomic mass is 16.2. The van der Waals surface area contributed by atoms with E-state index in [1.165, 1.54) is 51.4 Å². The van der Waals surface area contributed by atoms with E-state index in [2.05, 4.69) is 22.0 Å². The zero-order valence-corrected chi connectivity index (χ0v) is 15.4. The topological polar surface area (TPSA) is 35.6 Å². The number of piperidine rings is 1. The Morgan fingerprint density at radius 2 is 1.54 bits per heavy atom. The second-order valence-electron chi connectivity index (χ2n) is 9.01. The fourth-order valence-electron chi connectivity index (χ4n) is 5.66. The molecular formula is C20H35N3O. The Balaban J connectivity index is 1.21. The maximum atomic E-state index is 12.7.